The van der Waals surface area contributed by atoms with E-state index in [4.69, 9.17) is 5.73 Å². The third kappa shape index (κ3) is 4.32. The molecule has 2 N–H and O–H groups in total. The van der Waals surface area contributed by atoms with E-state index in [1.807, 2.05) is 19.1 Å². The van der Waals surface area contributed by atoms with Crippen LogP contribution in [0.15, 0.2) is 24.3 Å². The molecular formula is C12H17ClFNO2. The molecule has 3 nitrogen and oxygen atoms in total. The summed E-state index contributed by atoms with van der Waals surface area (Å²) in [5, 5.41) is 0. The molecule has 0 spiro atoms. The van der Waals surface area contributed by atoms with Gasteiger partial charge in [0.2, 0.25) is 6.17 Å². The first-order valence-corrected chi connectivity index (χ1v) is 5.19. The van der Waals surface area contributed by atoms with Crippen molar-refractivity contribution in [3.63, 3.8) is 0 Å². The summed E-state index contributed by atoms with van der Waals surface area (Å²) < 4.78 is 18.1. The summed E-state index contributed by atoms with van der Waals surface area (Å²) in [6.45, 7) is 3.70. The standard InChI is InChI=1S/C12H16FNO2.ClH/c1-3-16-12(15)10(13)11(14)9-6-4-8(2)5-7-9;/h4-7,10-11H,3,14H2,1-2H3;1H/t10?,11-;/m1./s1. The van der Waals surface area contributed by atoms with Crippen LogP contribution in [0, 0.1) is 6.92 Å². The number of carbonyl (C=O) groups is 1. The van der Waals surface area contributed by atoms with Gasteiger partial charge in [0.15, 0.2) is 0 Å². The Labute approximate surface area is 107 Å². The molecule has 1 aromatic carbocycles. The molecule has 0 bridgehead atoms. The Hall–Kier alpha value is -1.13. The number of esters is 1. The summed E-state index contributed by atoms with van der Waals surface area (Å²) in [4.78, 5) is 11.1. The van der Waals surface area contributed by atoms with Crippen molar-refractivity contribution < 1.29 is 13.9 Å². The monoisotopic (exact) mass is 261 g/mol. The predicted octanol–water partition coefficient (Wildman–Crippen LogP) is 2.32. The van der Waals surface area contributed by atoms with E-state index < -0.39 is 18.2 Å². The third-order valence-corrected chi connectivity index (χ3v) is 2.29. The van der Waals surface area contributed by atoms with Gasteiger partial charge in [0.1, 0.15) is 0 Å². The van der Waals surface area contributed by atoms with Gasteiger partial charge in [0, 0.05) is 0 Å². The first kappa shape index (κ1) is 15.9. The third-order valence-electron chi connectivity index (χ3n) is 2.29. The van der Waals surface area contributed by atoms with Crippen molar-refractivity contribution in [1.29, 1.82) is 0 Å². The van der Waals surface area contributed by atoms with Crippen LogP contribution in [0.4, 0.5) is 4.39 Å². The molecule has 0 saturated carbocycles. The number of nitrogens with two attached hydrogens (primary N) is 1. The molecule has 2 atom stereocenters. The van der Waals surface area contributed by atoms with Gasteiger partial charge in [0.05, 0.1) is 12.6 Å². The second-order valence-corrected chi connectivity index (χ2v) is 3.59. The summed E-state index contributed by atoms with van der Waals surface area (Å²) >= 11 is 0. The van der Waals surface area contributed by atoms with Crippen LogP contribution in [0.5, 0.6) is 0 Å². The van der Waals surface area contributed by atoms with Crippen molar-refractivity contribution in [3.8, 4) is 0 Å². The van der Waals surface area contributed by atoms with Gasteiger partial charge in [-0.05, 0) is 19.4 Å². The Kier molecular flexibility index (Phi) is 6.76. The van der Waals surface area contributed by atoms with Crippen molar-refractivity contribution in [2.45, 2.75) is 26.1 Å². The minimum atomic E-state index is -1.82. The van der Waals surface area contributed by atoms with Crippen LogP contribution in [0.3, 0.4) is 0 Å². The lowest BCUT2D eigenvalue weighted by atomic mass is 10.0. The van der Waals surface area contributed by atoms with Gasteiger partial charge in [-0.1, -0.05) is 29.8 Å². The van der Waals surface area contributed by atoms with Crippen molar-refractivity contribution in [3.05, 3.63) is 35.4 Å². The van der Waals surface area contributed by atoms with Gasteiger partial charge in [0.25, 0.3) is 0 Å². The number of hydrogen-bond donors (Lipinski definition) is 1. The molecule has 0 heterocycles. The zero-order chi connectivity index (χ0) is 12.1. The fourth-order valence-corrected chi connectivity index (χ4v) is 1.33. The van der Waals surface area contributed by atoms with Gasteiger partial charge >= 0.3 is 5.97 Å². The molecule has 0 aliphatic heterocycles. The van der Waals surface area contributed by atoms with E-state index in [1.54, 1.807) is 19.1 Å². The first-order chi connectivity index (χ1) is 7.56. The maximum atomic E-state index is 13.6. The Bertz CT molecular complexity index is 356. The smallest absolute Gasteiger partial charge is 0.342 e. The summed E-state index contributed by atoms with van der Waals surface area (Å²) in [6, 6.07) is 6.11. The topological polar surface area (TPSA) is 52.3 Å². The van der Waals surface area contributed by atoms with Crippen molar-refractivity contribution in [1.82, 2.24) is 0 Å². The molecule has 96 valence electrons. The van der Waals surface area contributed by atoms with Gasteiger partial charge in [-0.3, -0.25) is 0 Å². The van der Waals surface area contributed by atoms with Crippen LogP contribution in [0.1, 0.15) is 24.1 Å². The van der Waals surface area contributed by atoms with E-state index >= 15 is 0 Å². The number of rotatable bonds is 4. The highest BCUT2D eigenvalue weighted by molar-refractivity contribution is 5.85. The maximum Gasteiger partial charge on any atom is 0.342 e. The number of alkyl halides is 1. The molecule has 1 aromatic rings. The SMILES string of the molecule is CCOC(=O)C(F)[C@H](N)c1ccc(C)cc1.Cl. The Morgan fingerprint density at radius 1 is 1.41 bits per heavy atom. The number of aryl methyl sites for hydroxylation is 1. The average Bonchev–Trinajstić information content (AvgIpc) is 2.28. The molecule has 0 saturated heterocycles. The molecule has 0 aliphatic carbocycles. The van der Waals surface area contributed by atoms with Gasteiger partial charge in [-0.25, -0.2) is 9.18 Å². The zero-order valence-corrected chi connectivity index (χ0v) is 10.7. The first-order valence-electron chi connectivity index (χ1n) is 5.19. The molecule has 0 fully saturated rings. The molecule has 0 aliphatic rings. The number of hydrogen-bond acceptors (Lipinski definition) is 3. The molecule has 1 rings (SSSR count). The molecular weight excluding hydrogens is 245 g/mol. The Morgan fingerprint density at radius 2 is 1.94 bits per heavy atom. The Morgan fingerprint density at radius 3 is 2.41 bits per heavy atom. The summed E-state index contributed by atoms with van der Waals surface area (Å²) in [7, 11) is 0. The fraction of sp³-hybridized carbons (Fsp3) is 0.417. The van der Waals surface area contributed by atoms with E-state index in [-0.39, 0.29) is 19.0 Å². The van der Waals surface area contributed by atoms with E-state index in [2.05, 4.69) is 4.74 Å². The van der Waals surface area contributed by atoms with E-state index in [0.717, 1.165) is 5.56 Å². The van der Waals surface area contributed by atoms with Crippen LogP contribution < -0.4 is 5.73 Å². The molecule has 5 heteroatoms. The van der Waals surface area contributed by atoms with Crippen LogP contribution in [-0.2, 0) is 9.53 Å². The highest BCUT2D eigenvalue weighted by atomic mass is 35.5. The molecule has 17 heavy (non-hydrogen) atoms. The molecule has 1 unspecified atom stereocenters. The van der Waals surface area contributed by atoms with E-state index in [9.17, 15) is 9.18 Å². The maximum absolute atomic E-state index is 13.6. The largest absolute Gasteiger partial charge is 0.464 e. The van der Waals surface area contributed by atoms with E-state index in [1.165, 1.54) is 0 Å². The highest BCUT2D eigenvalue weighted by Gasteiger charge is 2.27. The van der Waals surface area contributed by atoms with Crippen LogP contribution in [-0.4, -0.2) is 18.7 Å². The lowest BCUT2D eigenvalue weighted by Crippen LogP contribution is -2.31. The number of ether oxygens (including phenoxy) is 1. The highest BCUT2D eigenvalue weighted by Crippen LogP contribution is 2.18. The lowest BCUT2D eigenvalue weighted by molar-refractivity contribution is -0.149. The quantitative estimate of drug-likeness (QED) is 0.847. The molecule has 0 aromatic heterocycles. The lowest BCUT2D eigenvalue weighted by Gasteiger charge is -2.15. The summed E-state index contributed by atoms with van der Waals surface area (Å²) in [5.74, 6) is -0.907. The Balaban J connectivity index is 0.00000256. The summed E-state index contributed by atoms with van der Waals surface area (Å²) in [6.07, 6.45) is -1.82. The van der Waals surface area contributed by atoms with Crippen molar-refractivity contribution in [2.75, 3.05) is 6.61 Å². The van der Waals surface area contributed by atoms with Crippen molar-refractivity contribution in [2.24, 2.45) is 5.73 Å². The minimum Gasteiger partial charge on any atom is -0.464 e. The van der Waals surface area contributed by atoms with Crippen LogP contribution >= 0.6 is 12.4 Å². The normalized spacial score (nSPS) is 13.4. The second kappa shape index (κ2) is 7.25. The van der Waals surface area contributed by atoms with E-state index in [0.29, 0.717) is 5.56 Å². The fourth-order valence-electron chi connectivity index (χ4n) is 1.33. The average molecular weight is 262 g/mol. The zero-order valence-electron chi connectivity index (χ0n) is 9.85. The molecule has 0 amide bonds. The van der Waals surface area contributed by atoms with Crippen molar-refractivity contribution >= 4 is 18.4 Å². The molecule has 0 radical (unpaired) electrons. The van der Waals surface area contributed by atoms with Crippen LogP contribution in [0.25, 0.3) is 0 Å². The second-order valence-electron chi connectivity index (χ2n) is 3.59. The summed E-state index contributed by atoms with van der Waals surface area (Å²) in [5.41, 5.74) is 7.29. The number of halogens is 2. The number of carbonyl (C=O) groups excluding carboxylic acids is 1. The van der Waals surface area contributed by atoms with Gasteiger partial charge in [-0.15, -0.1) is 12.4 Å². The van der Waals surface area contributed by atoms with Crippen LogP contribution in [0.2, 0.25) is 0 Å². The number of benzene rings is 1. The predicted molar refractivity (Wildman–Crippen MR) is 66.9 cm³/mol. The van der Waals surface area contributed by atoms with Gasteiger partial charge < -0.3 is 10.5 Å². The minimum absolute atomic E-state index is 0. The van der Waals surface area contributed by atoms with Gasteiger partial charge in [-0.2, -0.15) is 0 Å².